The molecule has 24 heteroatoms. The Labute approximate surface area is 535 Å². The van der Waals surface area contributed by atoms with Crippen molar-refractivity contribution >= 4 is 159 Å². The van der Waals surface area contributed by atoms with Gasteiger partial charge in [0, 0.05) is 59.5 Å². The van der Waals surface area contributed by atoms with E-state index in [1.807, 2.05) is 82.5 Å². The summed E-state index contributed by atoms with van der Waals surface area (Å²) in [4.78, 5) is 0. The van der Waals surface area contributed by atoms with Crippen LogP contribution in [0.15, 0.2) is 24.3 Å². The van der Waals surface area contributed by atoms with Gasteiger partial charge < -0.3 is 39.8 Å². The summed E-state index contributed by atoms with van der Waals surface area (Å²) in [5.41, 5.74) is 2.04. The van der Waals surface area contributed by atoms with Crippen LogP contribution in [-0.4, -0.2) is 98.7 Å². The smallest absolute Gasteiger partial charge is 0.373 e. The minimum absolute atomic E-state index is 0.0732. The minimum atomic E-state index is -3.63. The Kier molecular flexibility index (Phi) is 25.7. The monoisotopic (exact) mass is 1370 g/mol. The Morgan fingerprint density at radius 2 is 0.772 bits per heavy atom. The van der Waals surface area contributed by atoms with Gasteiger partial charge in [0.25, 0.3) is 0 Å². The lowest BCUT2D eigenvalue weighted by Crippen LogP contribution is -2.69. The van der Waals surface area contributed by atoms with Crippen molar-refractivity contribution in [3.63, 3.8) is 0 Å². The van der Waals surface area contributed by atoms with E-state index in [2.05, 4.69) is 114 Å². The highest BCUT2D eigenvalue weighted by molar-refractivity contribution is 9.29. The zero-order valence-corrected chi connectivity index (χ0v) is 62.9. The lowest BCUT2D eigenvalue weighted by atomic mass is 9.68. The number of hydrogen-bond acceptors (Lipinski definition) is 21. The summed E-state index contributed by atoms with van der Waals surface area (Å²) in [5, 5.41) is -0.737. The molecule has 6 fully saturated rings. The van der Waals surface area contributed by atoms with E-state index in [0.29, 0.717) is 77.2 Å². The molecule has 6 saturated carbocycles. The zero-order valence-electron chi connectivity index (χ0n) is 49.7. The van der Waals surface area contributed by atoms with Crippen LogP contribution >= 0.6 is 133 Å². The fourth-order valence-electron chi connectivity index (χ4n) is 16.7. The summed E-state index contributed by atoms with van der Waals surface area (Å²) in [7, 11) is 5.22. The number of rotatable bonds is 38. The Hall–Kier alpha value is 3.71. The standard InChI is InChI=1S/C55H98O9S12Si3/c1-14-48-33-30-42(36-48)39-51(48,77(56-17-4,57-18-5)58-19-6)55(67,68)54(65,66)46-29-27-26-28-45(46)47(13,69-73-75-71-52(40-43-31-34-49(52,15-2)37-43)78(59-20-7,60-21-8)61-22-9)70-74-76-72-53(41-44-32-35-50(53,16-3)38-44)79(62-23-10,63-24-11)64-25-12/h26-29,42-44,65-68H,14-25,30-41H2,1-13H3. The summed E-state index contributed by atoms with van der Waals surface area (Å²) < 4.78 is 59.4. The molecule has 0 amide bonds. The fraction of sp³-hybridized carbons (Fsp3) is 0.891. The average Bonchev–Trinajstić information content (AvgIpc) is 3.37. The van der Waals surface area contributed by atoms with Gasteiger partial charge in [-0.1, -0.05) is 88.2 Å². The van der Waals surface area contributed by atoms with Crippen LogP contribution in [-0.2, 0) is 48.0 Å². The first-order chi connectivity index (χ1) is 37.7. The third kappa shape index (κ3) is 11.8. The van der Waals surface area contributed by atoms with E-state index in [0.717, 1.165) is 68.9 Å². The van der Waals surface area contributed by atoms with E-state index in [9.17, 15) is 0 Å². The zero-order chi connectivity index (χ0) is 57.7. The van der Waals surface area contributed by atoms with Gasteiger partial charge in [0.05, 0.1) is 9.12 Å². The van der Waals surface area contributed by atoms with E-state index in [1.54, 1.807) is 0 Å². The van der Waals surface area contributed by atoms with Gasteiger partial charge >= 0.3 is 26.4 Å². The topological polar surface area (TPSA) is 83.1 Å². The molecule has 1 aromatic rings. The van der Waals surface area contributed by atoms with Gasteiger partial charge in [0.15, 0.2) is 0 Å². The Morgan fingerprint density at radius 1 is 0.443 bits per heavy atom. The highest BCUT2D eigenvalue weighted by Crippen LogP contribution is 2.83. The molecule has 6 bridgehead atoms. The summed E-state index contributed by atoms with van der Waals surface area (Å²) in [6.07, 6.45) is 16.5. The van der Waals surface area contributed by atoms with Gasteiger partial charge in [0.1, 0.15) is 16.9 Å². The van der Waals surface area contributed by atoms with E-state index >= 15 is 0 Å². The van der Waals surface area contributed by atoms with Crippen LogP contribution in [0.25, 0.3) is 0 Å². The third-order valence-electron chi connectivity index (χ3n) is 19.7. The van der Waals surface area contributed by atoms with Gasteiger partial charge in [0.2, 0.25) is 0 Å². The molecule has 0 heterocycles. The number of thiol groups is 4. The van der Waals surface area contributed by atoms with E-state index < -0.39 is 43.7 Å². The minimum Gasteiger partial charge on any atom is -0.373 e. The van der Waals surface area contributed by atoms with Gasteiger partial charge in [-0.15, -0.1) is 0 Å². The molecule has 9 nitrogen and oxygen atoms in total. The van der Waals surface area contributed by atoms with Crippen LogP contribution in [0.3, 0.4) is 0 Å². The first-order valence-corrected chi connectivity index (χ1v) is 46.5. The molecule has 79 heavy (non-hydrogen) atoms. The molecule has 0 N–H and O–H groups in total. The number of fused-ring (bicyclic) bond motifs is 6. The molecule has 9 unspecified atom stereocenters. The molecule has 0 aromatic heterocycles. The van der Waals surface area contributed by atoms with Crippen LogP contribution in [0.2, 0.25) is 5.04 Å². The summed E-state index contributed by atoms with van der Waals surface area (Å²) in [5.74, 6) is 1.74. The van der Waals surface area contributed by atoms with Gasteiger partial charge in [-0.25, -0.2) is 0 Å². The third-order valence-corrected chi connectivity index (χ3v) is 53.7. The largest absolute Gasteiger partial charge is 0.519 e. The molecule has 6 aliphatic carbocycles. The Balaban J connectivity index is 1.32. The second-order valence-electron chi connectivity index (χ2n) is 22.9. The molecule has 456 valence electrons. The molecule has 0 saturated heterocycles. The fourth-order valence-corrected chi connectivity index (χ4v) is 54.3. The average molecular weight is 1370 g/mol. The lowest BCUT2D eigenvalue weighted by Gasteiger charge is -2.63. The van der Waals surface area contributed by atoms with E-state index in [4.69, 9.17) is 90.3 Å². The highest BCUT2D eigenvalue weighted by atomic mass is 33.7. The van der Waals surface area contributed by atoms with Crippen LogP contribution in [0.1, 0.15) is 197 Å². The molecule has 0 radical (unpaired) electrons. The molecular weight excluding hydrogens is 1270 g/mol. The summed E-state index contributed by atoms with van der Waals surface area (Å²) >= 11 is 23.6. The predicted octanol–water partition coefficient (Wildman–Crippen LogP) is 19.0. The van der Waals surface area contributed by atoms with Crippen molar-refractivity contribution in [1.82, 2.24) is 0 Å². The molecule has 1 aromatic carbocycles. The molecule has 6 aliphatic rings. The maximum atomic E-state index is 7.09. The van der Waals surface area contributed by atoms with Crippen LogP contribution in [0.4, 0.5) is 0 Å². The number of benzene rings is 1. The second kappa shape index (κ2) is 28.9. The molecule has 9 atom stereocenters. The van der Waals surface area contributed by atoms with Crippen molar-refractivity contribution in [3.05, 3.63) is 35.4 Å². The Bertz CT molecular complexity index is 2010. The SMILES string of the molecule is CCO[Si](OCC)(OCC)C1(SSSSC(C)(SSSSC2([Si](OCC)(OCC)OCC)CC3CCC2(CC)C3)c2ccccc2C(S)(S)C(S)(S)C2([Si](OCC)(OCC)OCC)CC3CCC2(CC)C3)CC2CCC1(CC)C2. The van der Waals surface area contributed by atoms with E-state index in [-0.39, 0.29) is 25.0 Å². The van der Waals surface area contributed by atoms with Crippen molar-refractivity contribution < 1.29 is 39.8 Å². The van der Waals surface area contributed by atoms with Crippen molar-refractivity contribution in [2.45, 2.75) is 212 Å². The quantitative estimate of drug-likeness (QED) is 0.0167. The molecule has 0 aliphatic heterocycles. The van der Waals surface area contributed by atoms with Gasteiger partial charge in [-0.05, 0) is 250 Å². The molecule has 7 rings (SSSR count). The highest BCUT2D eigenvalue weighted by Gasteiger charge is 2.83. The van der Waals surface area contributed by atoms with Crippen LogP contribution in [0, 0.1) is 34.0 Å². The number of hydrogen-bond donors (Lipinski definition) is 4. The molecular formula is C55H98O9S12Si3. The van der Waals surface area contributed by atoms with Crippen molar-refractivity contribution in [1.29, 1.82) is 0 Å². The van der Waals surface area contributed by atoms with E-state index in [1.165, 1.54) is 38.5 Å². The Morgan fingerprint density at radius 3 is 1.11 bits per heavy atom. The first kappa shape index (κ1) is 70.2. The maximum absolute atomic E-state index is 7.09. The summed E-state index contributed by atoms with van der Waals surface area (Å²) in [6, 6.07) is 8.84. The first-order valence-electron chi connectivity index (χ1n) is 29.9. The predicted molar refractivity (Wildman–Crippen MR) is 369 cm³/mol. The molecule has 0 spiro atoms. The van der Waals surface area contributed by atoms with Crippen LogP contribution in [0.5, 0.6) is 0 Å². The maximum Gasteiger partial charge on any atom is 0.519 e. The second-order valence-corrected chi connectivity index (χ2v) is 48.5. The van der Waals surface area contributed by atoms with Crippen LogP contribution < -0.4 is 0 Å². The lowest BCUT2D eigenvalue weighted by molar-refractivity contribution is 0.00115. The van der Waals surface area contributed by atoms with Gasteiger partial charge in [-0.3, -0.25) is 0 Å². The van der Waals surface area contributed by atoms with Crippen molar-refractivity contribution in [3.8, 4) is 0 Å². The van der Waals surface area contributed by atoms with Gasteiger partial charge in [-0.2, -0.15) is 50.5 Å². The van der Waals surface area contributed by atoms with Crippen molar-refractivity contribution in [2.75, 3.05) is 59.5 Å². The normalized spacial score (nSPS) is 32.5. The van der Waals surface area contributed by atoms with Crippen molar-refractivity contribution in [2.24, 2.45) is 34.0 Å². The summed E-state index contributed by atoms with van der Waals surface area (Å²) in [6.45, 7) is 33.0.